The van der Waals surface area contributed by atoms with Gasteiger partial charge in [0.15, 0.2) is 0 Å². The molecule has 9 aromatic rings. The summed E-state index contributed by atoms with van der Waals surface area (Å²) in [6, 6.07) is 43.5. The number of imide groups is 2. The first-order valence-corrected chi connectivity index (χ1v) is 24.3. The van der Waals surface area contributed by atoms with Gasteiger partial charge in [-0.2, -0.15) is 0 Å². The molecule has 11 rings (SSSR count). The molecule has 0 spiro atoms. The lowest BCUT2D eigenvalue weighted by Gasteiger charge is -2.20. The van der Waals surface area contributed by atoms with E-state index in [1.165, 1.54) is 32.1 Å². The zero-order chi connectivity index (χ0) is 49.7. The topological polar surface area (TPSA) is 84.6 Å². The highest BCUT2D eigenvalue weighted by Gasteiger charge is 2.42. The van der Waals surface area contributed by atoms with Crippen molar-refractivity contribution in [1.29, 1.82) is 0 Å². The highest BCUT2D eigenvalue weighted by Crippen LogP contribution is 2.44. The average Bonchev–Trinajstić information content (AvgIpc) is 3.98. The molecule has 0 unspecified atom stereocenters. The van der Waals surface area contributed by atoms with Crippen molar-refractivity contribution in [3.8, 4) is 11.4 Å². The van der Waals surface area contributed by atoms with Crippen molar-refractivity contribution in [2.24, 2.45) is 0 Å². The van der Waals surface area contributed by atoms with Gasteiger partial charge in [-0.25, -0.2) is 9.80 Å². The number of rotatable bonds is 4. The van der Waals surface area contributed by atoms with Crippen molar-refractivity contribution in [2.45, 2.75) is 105 Å². The second kappa shape index (κ2) is 15.0. The second-order valence-corrected chi connectivity index (χ2v) is 23.4. The molecule has 8 heteroatoms. The van der Waals surface area contributed by atoms with Gasteiger partial charge < -0.3 is 9.13 Å². The monoisotopic (exact) mass is 922 g/mol. The Morgan fingerprint density at radius 2 is 0.600 bits per heavy atom. The van der Waals surface area contributed by atoms with Crippen molar-refractivity contribution in [2.75, 3.05) is 9.80 Å². The fraction of sp³-hybridized carbons (Fsp3) is 0.258. The molecule has 4 heterocycles. The molecular weight excluding hydrogens is 865 g/mol. The van der Waals surface area contributed by atoms with Crippen LogP contribution in [0.15, 0.2) is 133 Å². The molecule has 0 saturated carbocycles. The van der Waals surface area contributed by atoms with Crippen LogP contribution in [0.5, 0.6) is 0 Å². The van der Waals surface area contributed by atoms with Crippen LogP contribution in [0.2, 0.25) is 0 Å². The quantitative estimate of drug-likeness (QED) is 0.165. The molecule has 2 aliphatic heterocycles. The molecule has 2 aromatic heterocycles. The molecule has 0 atom stereocenters. The minimum Gasteiger partial charge on any atom is -0.308 e. The number of hydrogen-bond acceptors (Lipinski definition) is 4. The van der Waals surface area contributed by atoms with E-state index in [0.29, 0.717) is 11.4 Å². The number of nitrogens with zero attached hydrogens (tertiary/aromatic N) is 4. The number of carbonyl (C=O) groups excluding carboxylic acids is 4. The Morgan fingerprint density at radius 3 is 0.886 bits per heavy atom. The summed E-state index contributed by atoms with van der Waals surface area (Å²) in [5.41, 5.74) is 11.0. The minimum atomic E-state index is -0.486. The van der Waals surface area contributed by atoms with E-state index < -0.39 is 23.6 Å². The van der Waals surface area contributed by atoms with E-state index in [-0.39, 0.29) is 55.3 Å². The fourth-order valence-electron chi connectivity index (χ4n) is 10.6. The van der Waals surface area contributed by atoms with E-state index in [4.69, 9.17) is 0 Å². The Labute approximate surface area is 409 Å². The molecule has 0 fully saturated rings. The van der Waals surface area contributed by atoms with Gasteiger partial charge in [0.05, 0.1) is 67.1 Å². The van der Waals surface area contributed by atoms with Crippen LogP contribution in [0, 0.1) is 0 Å². The van der Waals surface area contributed by atoms with Gasteiger partial charge in [-0.15, -0.1) is 0 Å². The first-order valence-electron chi connectivity index (χ1n) is 24.3. The largest absolute Gasteiger partial charge is 0.308 e. The van der Waals surface area contributed by atoms with Gasteiger partial charge in [0.1, 0.15) is 0 Å². The molecule has 350 valence electrons. The molecule has 7 aromatic carbocycles. The van der Waals surface area contributed by atoms with Crippen molar-refractivity contribution < 1.29 is 19.2 Å². The van der Waals surface area contributed by atoms with Crippen molar-refractivity contribution in [3.05, 3.63) is 178 Å². The summed E-state index contributed by atoms with van der Waals surface area (Å²) in [5.74, 6) is -1.93. The Bertz CT molecular complexity index is 3410. The summed E-state index contributed by atoms with van der Waals surface area (Å²) in [5, 5.41) is 4.27. The normalized spacial score (nSPS) is 14.6. The predicted octanol–water partition coefficient (Wildman–Crippen LogP) is 14.7. The van der Waals surface area contributed by atoms with Crippen molar-refractivity contribution in [1.82, 2.24) is 9.13 Å². The lowest BCUT2D eigenvalue weighted by molar-refractivity contribution is 0.0912. The smallest absolute Gasteiger partial charge is 0.268 e. The highest BCUT2D eigenvalue weighted by atomic mass is 16.2. The first kappa shape index (κ1) is 44.9. The predicted molar refractivity (Wildman–Crippen MR) is 285 cm³/mol. The third-order valence-electron chi connectivity index (χ3n) is 14.6. The average molecular weight is 923 g/mol. The lowest BCUT2D eigenvalue weighted by atomic mass is 9.85. The maximum atomic E-state index is 15.0. The molecule has 0 radical (unpaired) electrons. The van der Waals surface area contributed by atoms with Gasteiger partial charge in [-0.3, -0.25) is 19.2 Å². The molecule has 0 N–H and O–H groups in total. The lowest BCUT2D eigenvalue weighted by Crippen LogP contribution is -2.32. The van der Waals surface area contributed by atoms with Crippen molar-refractivity contribution >= 4 is 78.6 Å². The highest BCUT2D eigenvalue weighted by molar-refractivity contribution is 6.37. The summed E-state index contributed by atoms with van der Waals surface area (Å²) in [6.45, 7) is 26.4. The summed E-state index contributed by atoms with van der Waals surface area (Å²) in [6.07, 6.45) is 0. The standard InChI is InChI=1S/C62H58N4O4/c1-59(2,3)35-22-26-47-43(30-35)44-31-36(60(4,5)6)23-27-48(44)65(47)51-20-14-18-41-53(51)57(69)63(55(41)67)39-16-13-17-40(34-39)64-56(68)42-19-15-21-52(54(42)58(64)70)66-49-28-24-37(61(7,8)9)32-45(49)46-33-38(62(10,11)12)25-29-50(46)66/h13-34H,1-12H3. The molecule has 8 nitrogen and oxygen atoms in total. The van der Waals surface area contributed by atoms with Crippen LogP contribution in [0.3, 0.4) is 0 Å². The summed E-state index contributed by atoms with van der Waals surface area (Å²) < 4.78 is 4.21. The molecule has 70 heavy (non-hydrogen) atoms. The van der Waals surface area contributed by atoms with Crippen LogP contribution in [0.1, 0.15) is 147 Å². The number of amides is 4. The van der Waals surface area contributed by atoms with E-state index >= 15 is 0 Å². The minimum absolute atomic E-state index is 0.0924. The van der Waals surface area contributed by atoms with Gasteiger partial charge >= 0.3 is 0 Å². The van der Waals surface area contributed by atoms with Gasteiger partial charge in [0, 0.05) is 21.5 Å². The molecule has 0 saturated heterocycles. The maximum absolute atomic E-state index is 15.0. The van der Waals surface area contributed by atoms with Crippen LogP contribution in [0.25, 0.3) is 55.0 Å². The number of benzene rings is 7. The molecule has 4 amide bonds. The van der Waals surface area contributed by atoms with E-state index in [2.05, 4.69) is 165 Å². The van der Waals surface area contributed by atoms with E-state index in [1.54, 1.807) is 36.4 Å². The Kier molecular flexibility index (Phi) is 9.60. The van der Waals surface area contributed by atoms with Crippen LogP contribution < -0.4 is 9.80 Å². The number of hydrogen-bond donors (Lipinski definition) is 0. The number of carbonyl (C=O) groups is 4. The number of aromatic nitrogens is 2. The molecule has 2 aliphatic rings. The van der Waals surface area contributed by atoms with Gasteiger partial charge in [0.25, 0.3) is 23.6 Å². The van der Waals surface area contributed by atoms with E-state index in [9.17, 15) is 19.2 Å². The first-order chi connectivity index (χ1) is 32.9. The molecule has 0 aliphatic carbocycles. The van der Waals surface area contributed by atoms with Crippen molar-refractivity contribution in [3.63, 3.8) is 0 Å². The van der Waals surface area contributed by atoms with Gasteiger partial charge in [-0.05, 0) is 135 Å². The Hall–Kier alpha value is -7.58. The van der Waals surface area contributed by atoms with E-state index in [1.807, 2.05) is 24.3 Å². The summed E-state index contributed by atoms with van der Waals surface area (Å²) >= 11 is 0. The van der Waals surface area contributed by atoms with E-state index in [0.717, 1.165) is 43.6 Å². The third-order valence-corrected chi connectivity index (χ3v) is 14.6. The maximum Gasteiger partial charge on any atom is 0.268 e. The fourth-order valence-corrected chi connectivity index (χ4v) is 10.6. The van der Waals surface area contributed by atoms with Crippen LogP contribution in [-0.4, -0.2) is 32.8 Å². The Morgan fingerprint density at radius 1 is 0.314 bits per heavy atom. The SMILES string of the molecule is CC(C)(C)c1ccc2c(c1)c1cc(C(C)(C)C)ccc1n2-c1cccc2c1C(=O)N(c1cccc(N3C(=O)c4cccc(-n5c6ccc(C(C)(C)C)cc6c6cc(C(C)(C)C)ccc65)c4C3=O)c1)C2=O. The van der Waals surface area contributed by atoms with Gasteiger partial charge in [0.2, 0.25) is 0 Å². The zero-order valence-corrected chi connectivity index (χ0v) is 42.1. The summed E-state index contributed by atoms with van der Waals surface area (Å²) in [7, 11) is 0. The van der Waals surface area contributed by atoms with Gasteiger partial charge in [-0.1, -0.05) is 126 Å². The van der Waals surface area contributed by atoms with Crippen LogP contribution >= 0.6 is 0 Å². The Balaban J connectivity index is 1.00. The zero-order valence-electron chi connectivity index (χ0n) is 42.1. The molecular formula is C62H58N4O4. The summed E-state index contributed by atoms with van der Waals surface area (Å²) in [4.78, 5) is 61.5. The second-order valence-electron chi connectivity index (χ2n) is 23.4. The van der Waals surface area contributed by atoms with Crippen LogP contribution in [0.4, 0.5) is 11.4 Å². The third kappa shape index (κ3) is 6.70. The van der Waals surface area contributed by atoms with Crippen LogP contribution in [-0.2, 0) is 21.7 Å². The molecule has 0 bridgehead atoms. The number of anilines is 2. The number of fused-ring (bicyclic) bond motifs is 8.